The fraction of sp³-hybridized carbons (Fsp3) is 0.769. The van der Waals surface area contributed by atoms with Crippen LogP contribution in [0.2, 0.25) is 0 Å². The Morgan fingerprint density at radius 2 is 1.95 bits per heavy atom. The summed E-state index contributed by atoms with van der Waals surface area (Å²) in [6, 6.07) is 0.654. The molecule has 1 aromatic heterocycles. The highest BCUT2D eigenvalue weighted by molar-refractivity contribution is 7.13. The Balaban J connectivity index is 1.47. The van der Waals surface area contributed by atoms with Crippen molar-refractivity contribution in [1.29, 1.82) is 0 Å². The fourth-order valence-electron chi connectivity index (χ4n) is 2.41. The monoisotopic (exact) mass is 320 g/mol. The van der Waals surface area contributed by atoms with Crippen LogP contribution < -0.4 is 10.2 Å². The van der Waals surface area contributed by atoms with Gasteiger partial charge < -0.3 is 10.2 Å². The van der Waals surface area contributed by atoms with Gasteiger partial charge in [0.05, 0.1) is 12.2 Å². The summed E-state index contributed by atoms with van der Waals surface area (Å²) in [5.74, 6) is 0. The first kappa shape index (κ1) is 15.1. The van der Waals surface area contributed by atoms with Crippen LogP contribution in [0.1, 0.15) is 18.5 Å². The molecular weight excluding hydrogens is 301 g/mol. The van der Waals surface area contributed by atoms with E-state index in [1.165, 1.54) is 17.7 Å². The molecule has 0 atom stereocenters. The molecule has 4 nitrogen and oxygen atoms in total. The van der Waals surface area contributed by atoms with Crippen molar-refractivity contribution in [1.82, 2.24) is 15.2 Å². The van der Waals surface area contributed by atoms with Gasteiger partial charge in [-0.3, -0.25) is 4.90 Å². The summed E-state index contributed by atoms with van der Waals surface area (Å²) in [7, 11) is 0. The lowest BCUT2D eigenvalue weighted by atomic mass is 10.3. The number of hydrogen-bond acceptors (Lipinski definition) is 5. The molecule has 0 radical (unpaired) electrons. The molecule has 1 N–H and O–H groups in total. The van der Waals surface area contributed by atoms with E-state index in [1.54, 1.807) is 11.3 Å². The number of piperazine rings is 1. The number of nitrogens with one attached hydrogen (secondary N) is 1. The van der Waals surface area contributed by atoms with Crippen molar-refractivity contribution < 1.29 is 13.2 Å². The van der Waals surface area contributed by atoms with Gasteiger partial charge in [0.1, 0.15) is 0 Å². The smallest absolute Gasteiger partial charge is 0.346 e. The molecule has 0 spiro atoms. The standard InChI is InChI=1S/C13H19F3N4S/c14-13(15,16)9-19-3-5-20(6-4-19)12-18-11(8-21-12)7-17-10-1-2-10/h8,10,17H,1-7,9H2. The minimum atomic E-state index is -4.11. The van der Waals surface area contributed by atoms with Crippen molar-refractivity contribution in [3.63, 3.8) is 0 Å². The largest absolute Gasteiger partial charge is 0.401 e. The van der Waals surface area contributed by atoms with Crippen molar-refractivity contribution in [2.24, 2.45) is 0 Å². The van der Waals surface area contributed by atoms with Crippen LogP contribution >= 0.6 is 11.3 Å². The molecule has 8 heteroatoms. The molecule has 3 rings (SSSR count). The normalized spacial score (nSPS) is 21.0. The predicted octanol–water partition coefficient (Wildman–Crippen LogP) is 2.08. The van der Waals surface area contributed by atoms with Crippen molar-refractivity contribution in [3.8, 4) is 0 Å². The maximum atomic E-state index is 12.3. The molecule has 0 aromatic carbocycles. The Kier molecular flexibility index (Phi) is 4.37. The SMILES string of the molecule is FC(F)(F)CN1CCN(c2nc(CNC3CC3)cs2)CC1. The lowest BCUT2D eigenvalue weighted by molar-refractivity contribution is -0.146. The molecule has 1 aliphatic heterocycles. The van der Waals surface area contributed by atoms with Gasteiger partial charge in [0.25, 0.3) is 0 Å². The number of nitrogens with zero attached hydrogens (tertiary/aromatic N) is 3. The van der Waals surface area contributed by atoms with E-state index in [0.29, 0.717) is 32.2 Å². The second-order valence-corrected chi connectivity index (χ2v) is 6.49. The summed E-state index contributed by atoms with van der Waals surface area (Å²) < 4.78 is 37.0. The van der Waals surface area contributed by atoms with Crippen molar-refractivity contribution >= 4 is 16.5 Å². The Hall–Kier alpha value is -0.860. The molecule has 1 saturated carbocycles. The van der Waals surface area contributed by atoms with Gasteiger partial charge in [-0.25, -0.2) is 4.98 Å². The molecule has 2 fully saturated rings. The van der Waals surface area contributed by atoms with E-state index < -0.39 is 12.7 Å². The van der Waals surface area contributed by atoms with E-state index >= 15 is 0 Å². The zero-order chi connectivity index (χ0) is 14.9. The molecule has 1 aromatic rings. The van der Waals surface area contributed by atoms with Crippen LogP contribution in [0.3, 0.4) is 0 Å². The van der Waals surface area contributed by atoms with Crippen LogP contribution in [-0.4, -0.2) is 54.8 Å². The van der Waals surface area contributed by atoms with Crippen molar-refractivity contribution in [3.05, 3.63) is 11.1 Å². The first-order valence-corrected chi connectivity index (χ1v) is 8.09. The number of halogens is 3. The van der Waals surface area contributed by atoms with Gasteiger partial charge in [0.15, 0.2) is 5.13 Å². The van der Waals surface area contributed by atoms with Crippen molar-refractivity contribution in [2.45, 2.75) is 31.6 Å². The van der Waals surface area contributed by atoms with E-state index in [9.17, 15) is 13.2 Å². The summed E-state index contributed by atoms with van der Waals surface area (Å²) in [6.07, 6.45) is -1.61. The molecule has 2 aliphatic rings. The number of rotatable bonds is 5. The van der Waals surface area contributed by atoms with Gasteiger partial charge in [-0.1, -0.05) is 0 Å². The number of thiazole rings is 1. The zero-order valence-electron chi connectivity index (χ0n) is 11.7. The van der Waals surface area contributed by atoms with Crippen LogP contribution in [0, 0.1) is 0 Å². The van der Waals surface area contributed by atoms with Crippen LogP contribution in [-0.2, 0) is 6.54 Å². The first-order chi connectivity index (χ1) is 9.99. The first-order valence-electron chi connectivity index (χ1n) is 7.21. The van der Waals surface area contributed by atoms with E-state index in [0.717, 1.165) is 17.4 Å². The van der Waals surface area contributed by atoms with Gasteiger partial charge in [-0.15, -0.1) is 11.3 Å². The summed E-state index contributed by atoms with van der Waals surface area (Å²) in [6.45, 7) is 2.08. The molecule has 2 heterocycles. The highest BCUT2D eigenvalue weighted by Gasteiger charge is 2.32. The average molecular weight is 320 g/mol. The lowest BCUT2D eigenvalue weighted by Crippen LogP contribution is -2.49. The highest BCUT2D eigenvalue weighted by atomic mass is 32.1. The molecule has 1 saturated heterocycles. The lowest BCUT2D eigenvalue weighted by Gasteiger charge is -2.34. The molecule has 1 aliphatic carbocycles. The number of hydrogen-bond donors (Lipinski definition) is 1. The molecule has 21 heavy (non-hydrogen) atoms. The van der Waals surface area contributed by atoms with Crippen LogP contribution in [0.15, 0.2) is 5.38 Å². The van der Waals surface area contributed by atoms with E-state index in [-0.39, 0.29) is 0 Å². The summed E-state index contributed by atoms with van der Waals surface area (Å²) in [4.78, 5) is 8.11. The number of alkyl halides is 3. The summed E-state index contributed by atoms with van der Waals surface area (Å²) in [5, 5.41) is 6.37. The molecule has 0 unspecified atom stereocenters. The minimum absolute atomic E-state index is 0.439. The Labute approximate surface area is 125 Å². The molecule has 118 valence electrons. The molecule has 0 bridgehead atoms. The fourth-order valence-corrected chi connectivity index (χ4v) is 3.29. The maximum absolute atomic E-state index is 12.3. The Bertz CT molecular complexity index is 464. The third kappa shape index (κ3) is 4.55. The predicted molar refractivity (Wildman–Crippen MR) is 76.7 cm³/mol. The van der Waals surface area contributed by atoms with Crippen LogP contribution in [0.25, 0.3) is 0 Å². The third-order valence-electron chi connectivity index (χ3n) is 3.73. The maximum Gasteiger partial charge on any atom is 0.401 e. The van der Waals surface area contributed by atoms with Gasteiger partial charge in [-0.05, 0) is 12.8 Å². The molecule has 0 amide bonds. The van der Waals surface area contributed by atoms with E-state index in [4.69, 9.17) is 0 Å². The second kappa shape index (κ2) is 6.10. The van der Waals surface area contributed by atoms with Crippen LogP contribution in [0.5, 0.6) is 0 Å². The van der Waals surface area contributed by atoms with Gasteiger partial charge >= 0.3 is 6.18 Å². The minimum Gasteiger partial charge on any atom is -0.346 e. The van der Waals surface area contributed by atoms with Crippen molar-refractivity contribution in [2.75, 3.05) is 37.6 Å². The third-order valence-corrected chi connectivity index (χ3v) is 4.68. The van der Waals surface area contributed by atoms with Gasteiger partial charge in [-0.2, -0.15) is 13.2 Å². The van der Waals surface area contributed by atoms with E-state index in [2.05, 4.69) is 15.2 Å². The quantitative estimate of drug-likeness (QED) is 0.900. The second-order valence-electron chi connectivity index (χ2n) is 5.65. The number of anilines is 1. The summed E-state index contributed by atoms with van der Waals surface area (Å²) >= 11 is 1.58. The highest BCUT2D eigenvalue weighted by Crippen LogP contribution is 2.24. The Morgan fingerprint density at radius 3 is 2.57 bits per heavy atom. The van der Waals surface area contributed by atoms with Gasteiger partial charge in [0.2, 0.25) is 0 Å². The van der Waals surface area contributed by atoms with Crippen LogP contribution in [0.4, 0.5) is 18.3 Å². The Morgan fingerprint density at radius 1 is 1.24 bits per heavy atom. The van der Waals surface area contributed by atoms with E-state index in [1.807, 2.05) is 5.38 Å². The number of aromatic nitrogens is 1. The van der Waals surface area contributed by atoms with Gasteiger partial charge in [0, 0.05) is 44.1 Å². The topological polar surface area (TPSA) is 31.4 Å². The zero-order valence-corrected chi connectivity index (χ0v) is 12.5. The summed E-state index contributed by atoms with van der Waals surface area (Å²) in [5.41, 5.74) is 1.03. The molecular formula is C13H19F3N4S. The average Bonchev–Trinajstić information content (AvgIpc) is 3.13.